The number of thiophene rings is 1. The van der Waals surface area contributed by atoms with Crippen molar-refractivity contribution in [2.45, 2.75) is 0 Å². The van der Waals surface area contributed by atoms with Gasteiger partial charge in [-0.2, -0.15) is 0 Å². The van der Waals surface area contributed by atoms with Crippen LogP contribution in [0, 0.1) is 0 Å². The Hall–Kier alpha value is -15.1. The van der Waals surface area contributed by atoms with Gasteiger partial charge in [-0.3, -0.25) is 4.57 Å². The number of fused-ring (bicyclic) bond motifs is 3. The third-order valence-corrected chi connectivity index (χ3v) is 25.8. The summed E-state index contributed by atoms with van der Waals surface area (Å²) < 4.78 is 22.7. The summed E-state index contributed by atoms with van der Waals surface area (Å²) in [6.07, 6.45) is 0. The highest BCUT2D eigenvalue weighted by Gasteiger charge is 2.31. The third kappa shape index (κ3) is 8.80. The summed E-state index contributed by atoms with van der Waals surface area (Å²) in [7, 11) is 0. The smallest absolute Gasteiger partial charge is 0.138 e. The molecule has 0 saturated carbocycles. The van der Waals surface area contributed by atoms with Crippen LogP contribution in [0.2, 0.25) is 0 Å². The molecule has 18 aromatic carbocycles. The lowest BCUT2D eigenvalue weighted by Crippen LogP contribution is -2.09. The van der Waals surface area contributed by atoms with Crippen LogP contribution in [0.5, 0.6) is 0 Å². The zero-order valence-corrected chi connectivity index (χ0v) is 62.5. The van der Waals surface area contributed by atoms with Crippen molar-refractivity contribution in [2.24, 2.45) is 0 Å². The normalized spacial score (nSPS) is 12.3. The number of aromatic nitrogens is 4. The van der Waals surface area contributed by atoms with E-state index in [1.165, 1.54) is 184 Å². The molecule has 115 heavy (non-hydrogen) atoms. The first-order valence-electron chi connectivity index (χ1n) is 39.3. The van der Waals surface area contributed by atoms with Gasteiger partial charge in [0.1, 0.15) is 28.1 Å². The van der Waals surface area contributed by atoms with Crippen LogP contribution in [-0.4, -0.2) is 18.7 Å². The van der Waals surface area contributed by atoms with Crippen LogP contribution in [0.25, 0.3) is 235 Å². The molecule has 0 fully saturated rings. The van der Waals surface area contributed by atoms with Crippen molar-refractivity contribution in [3.63, 3.8) is 0 Å². The molecule has 0 bridgehead atoms. The van der Waals surface area contributed by atoms with Crippen molar-refractivity contribution in [3.8, 4) is 73.0 Å². The van der Waals surface area contributed by atoms with Crippen LogP contribution in [0.4, 0.5) is 17.1 Å². The van der Waals surface area contributed by atoms with E-state index in [0.717, 1.165) is 67.7 Å². The molecule has 0 spiro atoms. The summed E-state index contributed by atoms with van der Waals surface area (Å²) in [5.74, 6) is 0.922. The third-order valence-electron chi connectivity index (χ3n) is 24.7. The van der Waals surface area contributed by atoms with E-state index in [4.69, 9.17) is 13.8 Å². The maximum Gasteiger partial charge on any atom is 0.138 e. The van der Waals surface area contributed by atoms with Gasteiger partial charge in [-0.1, -0.05) is 224 Å². The summed E-state index contributed by atoms with van der Waals surface area (Å²) in [6.45, 7) is 0. The molecule has 3 aliphatic carbocycles. The van der Waals surface area contributed by atoms with Crippen LogP contribution >= 0.6 is 11.3 Å². The predicted octanol–water partition coefficient (Wildman–Crippen LogP) is 30.1. The number of pyridine rings is 1. The van der Waals surface area contributed by atoms with Crippen molar-refractivity contribution in [2.75, 3.05) is 4.90 Å². The Morgan fingerprint density at radius 2 is 0.617 bits per heavy atom. The van der Waals surface area contributed by atoms with Gasteiger partial charge >= 0.3 is 0 Å². The largest absolute Gasteiger partial charge is 0.456 e. The van der Waals surface area contributed by atoms with Gasteiger partial charge in [0.2, 0.25) is 0 Å². The lowest BCUT2D eigenvalue weighted by Gasteiger charge is -2.25. The first-order chi connectivity index (χ1) is 57.1. The van der Waals surface area contributed by atoms with Gasteiger partial charge in [-0.25, -0.2) is 4.98 Å². The SMILES string of the molecule is c1ccc(-c2cccc(-n3c4cccc5c4c4c6c(ccc7oc8cccc-5c8c76)ccc43)n2)cc1.c1ccc(-c2cccc(-n3c4cccc5c4c4c6c(ccc7sc8cccc-5c8c76)ccc43)c2)cc1.c1ccc(N(c2ccccc2)c2ccc(-n3c4cccc5c4c4c6c(ccc7oc8cccc-5c8c76)ccc43)cc2)cc1. The first kappa shape index (κ1) is 62.6. The molecule has 0 amide bonds. The van der Waals surface area contributed by atoms with E-state index < -0.39 is 0 Å². The number of hydrogen-bond donors (Lipinski definition) is 0. The van der Waals surface area contributed by atoms with Crippen molar-refractivity contribution in [1.82, 2.24) is 18.7 Å². The fourth-order valence-corrected chi connectivity index (χ4v) is 21.2. The lowest BCUT2D eigenvalue weighted by atomic mass is 9.98. The van der Waals surface area contributed by atoms with Crippen molar-refractivity contribution >= 4 is 190 Å². The lowest BCUT2D eigenvalue weighted by molar-refractivity contribution is 0.669. The average molecular weight is 1480 g/mol. The number of rotatable bonds is 8. The van der Waals surface area contributed by atoms with Crippen LogP contribution in [0.3, 0.4) is 0 Å². The van der Waals surface area contributed by atoms with Gasteiger partial charge in [-0.05, 0) is 206 Å². The topological polar surface area (TPSA) is 57.2 Å². The molecule has 532 valence electrons. The van der Waals surface area contributed by atoms with E-state index in [9.17, 15) is 0 Å². The second kappa shape index (κ2) is 23.7. The molecule has 0 saturated heterocycles. The molecule has 0 atom stereocenters. The van der Waals surface area contributed by atoms with Crippen molar-refractivity contribution in [1.29, 1.82) is 0 Å². The molecule has 28 rings (SSSR count). The van der Waals surface area contributed by atoms with E-state index >= 15 is 0 Å². The number of para-hydroxylation sites is 2. The van der Waals surface area contributed by atoms with E-state index in [-0.39, 0.29) is 0 Å². The molecule has 7 heterocycles. The maximum atomic E-state index is 6.40. The predicted molar refractivity (Wildman–Crippen MR) is 483 cm³/mol. The standard InChI is InChI=1S/C40H24N2O.C34H19NS.C33H18N2O/c1-3-9-26(10-4-1)41(27-11-5-2-6-12-27)28-19-21-29(22-20-28)42-32-15-7-13-30-31-14-8-16-34-38(31)40-35(43-34)24-18-25-17-23-33(42)39(36(25)40)37(30)32;1-2-7-20(8-3-1)22-9-4-10-23(19-22)35-26-13-5-11-24-25-12-6-14-28-32(25)34-29(36-28)18-16-21-15-17-27(35)33(30(21)34)31(24)26;1-2-7-19(8-3-1)23-11-6-14-28(34-23)35-24-12-4-9-21-22-10-5-13-26-31(22)33-27(36-26)18-16-20-15-17-25(35)32(29(20)33)30(21)24/h1-24H;1-19H;1-18H. The van der Waals surface area contributed by atoms with E-state index in [1.807, 2.05) is 17.4 Å². The molecule has 0 N–H and O–H groups in total. The Balaban J connectivity index is 0.0000000952. The highest BCUT2D eigenvalue weighted by molar-refractivity contribution is 7.26. The monoisotopic (exact) mass is 1480 g/mol. The Morgan fingerprint density at radius 3 is 1.17 bits per heavy atom. The van der Waals surface area contributed by atoms with Crippen LogP contribution in [0.15, 0.2) is 379 Å². The number of anilines is 3. The summed E-state index contributed by atoms with van der Waals surface area (Å²) in [5.41, 5.74) is 29.0. The zero-order chi connectivity index (χ0) is 74.8. The fraction of sp³-hybridized carbons (Fsp3) is 0. The molecule has 7 aromatic heterocycles. The zero-order valence-electron chi connectivity index (χ0n) is 61.7. The molecule has 8 heteroatoms. The van der Waals surface area contributed by atoms with Crippen LogP contribution in [-0.2, 0) is 0 Å². The molecular formula is C107H61N5O2S. The molecule has 0 unspecified atom stereocenters. The molecular weight excluding hydrogens is 1420 g/mol. The van der Waals surface area contributed by atoms with Gasteiger partial charge in [0.15, 0.2) is 0 Å². The second-order valence-corrected chi connectivity index (χ2v) is 31.7. The summed E-state index contributed by atoms with van der Waals surface area (Å²) in [4.78, 5) is 7.45. The molecule has 3 aliphatic rings. The second-order valence-electron chi connectivity index (χ2n) is 30.6. The van der Waals surface area contributed by atoms with Gasteiger partial charge in [0, 0.05) is 124 Å². The minimum Gasteiger partial charge on any atom is -0.456 e. The number of hydrogen-bond acceptors (Lipinski definition) is 5. The molecule has 25 aromatic rings. The van der Waals surface area contributed by atoms with Gasteiger partial charge in [-0.15, -0.1) is 11.3 Å². The number of nitrogens with zero attached hydrogens (tertiary/aromatic N) is 5. The number of benzene rings is 18. The Morgan fingerprint density at radius 1 is 0.226 bits per heavy atom. The quantitative estimate of drug-likeness (QED) is 0.152. The Labute approximate surface area is 661 Å². The summed E-state index contributed by atoms with van der Waals surface area (Å²) in [5, 5.41) is 23.3. The Kier molecular flexibility index (Phi) is 12.9. The highest BCUT2D eigenvalue weighted by Crippen LogP contribution is 2.56. The van der Waals surface area contributed by atoms with Crippen LogP contribution in [0.1, 0.15) is 0 Å². The minimum absolute atomic E-state index is 0.922. The van der Waals surface area contributed by atoms with Gasteiger partial charge in [0.05, 0.1) is 38.8 Å². The Bertz CT molecular complexity index is 8160. The van der Waals surface area contributed by atoms with Crippen molar-refractivity contribution < 1.29 is 8.83 Å². The number of furan rings is 2. The van der Waals surface area contributed by atoms with Crippen molar-refractivity contribution in [3.05, 3.63) is 370 Å². The van der Waals surface area contributed by atoms with E-state index in [2.05, 4.69) is 383 Å². The van der Waals surface area contributed by atoms with E-state index in [0.29, 0.717) is 0 Å². The summed E-state index contributed by atoms with van der Waals surface area (Å²) in [6, 6.07) is 133. The first-order valence-corrected chi connectivity index (χ1v) is 40.1. The van der Waals surface area contributed by atoms with Crippen LogP contribution < -0.4 is 4.90 Å². The molecule has 0 radical (unpaired) electrons. The average Bonchev–Trinajstić information content (AvgIpc) is 1.54. The van der Waals surface area contributed by atoms with Gasteiger partial charge in [0.25, 0.3) is 0 Å². The molecule has 0 aliphatic heterocycles. The minimum atomic E-state index is 0.922. The molecule has 7 nitrogen and oxygen atoms in total. The fourth-order valence-electron chi connectivity index (χ4n) is 20.1. The van der Waals surface area contributed by atoms with E-state index in [1.54, 1.807) is 0 Å². The summed E-state index contributed by atoms with van der Waals surface area (Å²) >= 11 is 1.91. The highest BCUT2D eigenvalue weighted by atomic mass is 32.1. The van der Waals surface area contributed by atoms with Gasteiger partial charge < -0.3 is 22.9 Å². The maximum absolute atomic E-state index is 6.40.